The van der Waals surface area contributed by atoms with Crippen LogP contribution in [0.15, 0.2) is 11.6 Å². The molecule has 0 spiro atoms. The number of allylic oxidation sites excluding steroid dienone is 2. The van der Waals surface area contributed by atoms with Gasteiger partial charge in [-0.15, -0.1) is 0 Å². The van der Waals surface area contributed by atoms with Gasteiger partial charge in [-0.2, -0.15) is 0 Å². The first-order valence-corrected chi connectivity index (χ1v) is 5.15. The number of carbonyl (C=O) groups is 2. The lowest BCUT2D eigenvalue weighted by Crippen LogP contribution is -2.21. The number of carbonyl (C=O) groups excluding carboxylic acids is 2. The number of cyclic esters (lactones) is 2. The Bertz CT molecular complexity index is 304. The average molecular weight is 194 g/mol. The van der Waals surface area contributed by atoms with E-state index in [-0.39, 0.29) is 23.8 Å². The monoisotopic (exact) mass is 194 g/mol. The molecule has 0 bridgehead atoms. The van der Waals surface area contributed by atoms with Gasteiger partial charge in [0.2, 0.25) is 0 Å². The summed E-state index contributed by atoms with van der Waals surface area (Å²) in [5.74, 6) is -1.02. The van der Waals surface area contributed by atoms with E-state index in [4.69, 9.17) is 0 Å². The summed E-state index contributed by atoms with van der Waals surface area (Å²) in [7, 11) is 0. The molecule has 0 aromatic rings. The molecule has 1 aliphatic heterocycles. The van der Waals surface area contributed by atoms with Gasteiger partial charge < -0.3 is 4.74 Å². The van der Waals surface area contributed by atoms with Crippen molar-refractivity contribution in [2.45, 2.75) is 32.6 Å². The molecule has 1 fully saturated rings. The lowest BCUT2D eigenvalue weighted by molar-refractivity contribution is -0.153. The highest BCUT2D eigenvalue weighted by Crippen LogP contribution is 2.37. The molecule has 0 saturated carbocycles. The van der Waals surface area contributed by atoms with Crippen LogP contribution in [-0.4, -0.2) is 11.9 Å². The van der Waals surface area contributed by atoms with Crippen LogP contribution in [0, 0.1) is 11.8 Å². The summed E-state index contributed by atoms with van der Waals surface area (Å²) in [4.78, 5) is 22.5. The van der Waals surface area contributed by atoms with E-state index >= 15 is 0 Å². The first-order valence-electron chi connectivity index (χ1n) is 5.15. The van der Waals surface area contributed by atoms with E-state index in [9.17, 15) is 9.59 Å². The molecule has 2 rings (SSSR count). The molecule has 0 radical (unpaired) electrons. The molecule has 0 aromatic carbocycles. The third kappa shape index (κ3) is 1.47. The Morgan fingerprint density at radius 3 is 2.79 bits per heavy atom. The van der Waals surface area contributed by atoms with E-state index in [1.54, 1.807) is 0 Å². The zero-order valence-electron chi connectivity index (χ0n) is 8.29. The van der Waals surface area contributed by atoms with Crippen molar-refractivity contribution in [1.82, 2.24) is 0 Å². The molecule has 14 heavy (non-hydrogen) atoms. The average Bonchev–Trinajstić information content (AvgIpc) is 2.43. The number of hydrogen-bond acceptors (Lipinski definition) is 3. The van der Waals surface area contributed by atoms with Crippen LogP contribution in [0.2, 0.25) is 0 Å². The van der Waals surface area contributed by atoms with Crippen LogP contribution in [-0.2, 0) is 14.3 Å². The van der Waals surface area contributed by atoms with Gasteiger partial charge in [0.1, 0.15) is 0 Å². The van der Waals surface area contributed by atoms with Crippen molar-refractivity contribution in [1.29, 1.82) is 0 Å². The van der Waals surface area contributed by atoms with Gasteiger partial charge in [-0.25, -0.2) is 0 Å². The maximum Gasteiger partial charge on any atom is 0.317 e. The Morgan fingerprint density at radius 2 is 2.07 bits per heavy atom. The van der Waals surface area contributed by atoms with Gasteiger partial charge in [-0.05, 0) is 19.3 Å². The summed E-state index contributed by atoms with van der Waals surface area (Å²) in [5, 5.41) is 0. The highest BCUT2D eigenvalue weighted by atomic mass is 16.6. The Morgan fingerprint density at radius 1 is 1.36 bits per heavy atom. The molecule has 3 nitrogen and oxygen atoms in total. The van der Waals surface area contributed by atoms with E-state index in [1.807, 2.05) is 0 Å². The minimum Gasteiger partial charge on any atom is -0.393 e. The standard InChI is InChI=1S/C11H14O3/c1-2-3-7-4-5-8-9(6-7)11(13)14-10(8)12/h4,8-9H,2-3,5-6H2,1H3. The normalized spacial score (nSPS) is 31.1. The lowest BCUT2D eigenvalue weighted by Gasteiger charge is -2.19. The van der Waals surface area contributed by atoms with Crippen LogP contribution in [0.25, 0.3) is 0 Å². The fourth-order valence-electron chi connectivity index (χ4n) is 2.25. The summed E-state index contributed by atoms with van der Waals surface area (Å²) in [5.41, 5.74) is 1.31. The van der Waals surface area contributed by atoms with E-state index in [2.05, 4.69) is 17.7 Å². The smallest absolute Gasteiger partial charge is 0.317 e. The van der Waals surface area contributed by atoms with Crippen molar-refractivity contribution in [3.63, 3.8) is 0 Å². The molecule has 2 aliphatic rings. The van der Waals surface area contributed by atoms with Crippen LogP contribution in [0.4, 0.5) is 0 Å². The Labute approximate surface area is 83.1 Å². The van der Waals surface area contributed by atoms with Crippen LogP contribution in [0.5, 0.6) is 0 Å². The Hall–Kier alpha value is -1.12. The van der Waals surface area contributed by atoms with Crippen LogP contribution in [0.1, 0.15) is 32.6 Å². The number of esters is 2. The molecular formula is C11H14O3. The van der Waals surface area contributed by atoms with Crippen LogP contribution in [0.3, 0.4) is 0 Å². The molecule has 1 heterocycles. The predicted molar refractivity (Wildman–Crippen MR) is 50.3 cm³/mol. The van der Waals surface area contributed by atoms with Crippen LogP contribution < -0.4 is 0 Å². The minimum absolute atomic E-state index is 0.186. The van der Waals surface area contributed by atoms with Gasteiger partial charge in [0.25, 0.3) is 0 Å². The number of hydrogen-bond donors (Lipinski definition) is 0. The molecule has 0 N–H and O–H groups in total. The fraction of sp³-hybridized carbons (Fsp3) is 0.636. The molecule has 2 unspecified atom stereocenters. The third-order valence-corrected chi connectivity index (χ3v) is 3.01. The maximum absolute atomic E-state index is 11.3. The van der Waals surface area contributed by atoms with Crippen molar-refractivity contribution in [3.8, 4) is 0 Å². The number of fused-ring (bicyclic) bond motifs is 1. The Balaban J connectivity index is 2.12. The van der Waals surface area contributed by atoms with E-state index in [0.717, 1.165) is 19.3 Å². The molecule has 76 valence electrons. The highest BCUT2D eigenvalue weighted by molar-refractivity contribution is 5.96. The summed E-state index contributed by atoms with van der Waals surface area (Å²) in [6, 6.07) is 0. The van der Waals surface area contributed by atoms with E-state index < -0.39 is 0 Å². The molecule has 0 aromatic heterocycles. The zero-order valence-corrected chi connectivity index (χ0v) is 8.29. The molecule has 0 amide bonds. The van der Waals surface area contributed by atoms with Gasteiger partial charge in [-0.3, -0.25) is 9.59 Å². The van der Waals surface area contributed by atoms with Crippen molar-refractivity contribution < 1.29 is 14.3 Å². The number of ether oxygens (including phenoxy) is 1. The van der Waals surface area contributed by atoms with Crippen molar-refractivity contribution >= 4 is 11.9 Å². The highest BCUT2D eigenvalue weighted by Gasteiger charge is 2.45. The van der Waals surface area contributed by atoms with Gasteiger partial charge in [0.15, 0.2) is 0 Å². The first-order chi connectivity index (χ1) is 6.72. The van der Waals surface area contributed by atoms with Gasteiger partial charge in [-0.1, -0.05) is 25.0 Å². The lowest BCUT2D eigenvalue weighted by atomic mass is 9.80. The maximum atomic E-state index is 11.3. The first kappa shape index (κ1) is 9.44. The van der Waals surface area contributed by atoms with Crippen molar-refractivity contribution in [2.75, 3.05) is 0 Å². The molecule has 1 aliphatic carbocycles. The van der Waals surface area contributed by atoms with Crippen molar-refractivity contribution in [2.24, 2.45) is 11.8 Å². The second-order valence-electron chi connectivity index (χ2n) is 4.01. The second-order valence-corrected chi connectivity index (χ2v) is 4.01. The SMILES string of the molecule is CCCC1=CCC2C(=O)OC(=O)C2C1. The summed E-state index contributed by atoms with van der Waals surface area (Å²) < 4.78 is 4.62. The van der Waals surface area contributed by atoms with Crippen LogP contribution >= 0.6 is 0 Å². The van der Waals surface area contributed by atoms with Crippen molar-refractivity contribution in [3.05, 3.63) is 11.6 Å². The topological polar surface area (TPSA) is 43.4 Å². The predicted octanol–water partition coefficient (Wildman–Crippen LogP) is 1.82. The molecule has 3 heteroatoms. The number of rotatable bonds is 2. The second kappa shape index (κ2) is 3.56. The summed E-state index contributed by atoms with van der Waals surface area (Å²) in [6.45, 7) is 2.12. The van der Waals surface area contributed by atoms with Gasteiger partial charge in [0.05, 0.1) is 11.8 Å². The third-order valence-electron chi connectivity index (χ3n) is 3.01. The zero-order chi connectivity index (χ0) is 10.1. The van der Waals surface area contributed by atoms with E-state index in [0.29, 0.717) is 6.42 Å². The molecule has 2 atom stereocenters. The quantitative estimate of drug-likeness (QED) is 0.382. The van der Waals surface area contributed by atoms with Gasteiger partial charge >= 0.3 is 11.9 Å². The minimum atomic E-state index is -0.327. The Kier molecular flexibility index (Phi) is 2.40. The summed E-state index contributed by atoms with van der Waals surface area (Å²) in [6.07, 6.45) is 5.63. The fourth-order valence-corrected chi connectivity index (χ4v) is 2.25. The largest absolute Gasteiger partial charge is 0.393 e. The van der Waals surface area contributed by atoms with E-state index in [1.165, 1.54) is 5.57 Å². The molecular weight excluding hydrogens is 180 g/mol. The van der Waals surface area contributed by atoms with Gasteiger partial charge in [0, 0.05) is 0 Å². The molecule has 1 saturated heterocycles. The summed E-state index contributed by atoms with van der Waals surface area (Å²) >= 11 is 0.